The van der Waals surface area contributed by atoms with Gasteiger partial charge in [0.25, 0.3) is 0 Å². The monoisotopic (exact) mass is 324 g/mol. The summed E-state index contributed by atoms with van der Waals surface area (Å²) in [5, 5.41) is 48.4. The first kappa shape index (κ1) is 17.2. The summed E-state index contributed by atoms with van der Waals surface area (Å²) in [6.45, 7) is -0.359. The first-order valence-corrected chi connectivity index (χ1v) is 7.39. The predicted molar refractivity (Wildman–Crippen MR) is 79.2 cm³/mol. The van der Waals surface area contributed by atoms with Gasteiger partial charge in [-0.15, -0.1) is 0 Å². The number of aliphatic hydroxyl groups excluding tert-OH is 2. The van der Waals surface area contributed by atoms with E-state index in [0.29, 0.717) is 12.8 Å². The lowest BCUT2D eigenvalue weighted by atomic mass is 9.64. The fourth-order valence-electron chi connectivity index (χ4n) is 3.26. The summed E-state index contributed by atoms with van der Waals surface area (Å²) in [7, 11) is 0. The molecule has 1 aliphatic carbocycles. The van der Waals surface area contributed by atoms with E-state index < -0.39 is 35.6 Å². The number of phenols is 2. The number of hydrogen-bond acceptors (Lipinski definition) is 6. The minimum atomic E-state index is -1.71. The van der Waals surface area contributed by atoms with Crippen molar-refractivity contribution in [3.8, 4) is 11.5 Å². The number of carbonyl (C=O) groups excluding carboxylic acids is 1. The molecule has 0 aliphatic heterocycles. The lowest BCUT2D eigenvalue weighted by Crippen LogP contribution is -2.51. The number of carboxylic acids is 1. The van der Waals surface area contributed by atoms with E-state index in [1.165, 1.54) is 6.07 Å². The van der Waals surface area contributed by atoms with Crippen LogP contribution in [-0.2, 0) is 4.79 Å². The molecule has 23 heavy (non-hydrogen) atoms. The molecule has 0 bridgehead atoms. The van der Waals surface area contributed by atoms with Crippen LogP contribution in [0, 0.1) is 11.3 Å². The maximum Gasteiger partial charge on any atom is 0.312 e. The topological polar surface area (TPSA) is 135 Å². The number of phenolic OH excluding ortho intramolecular Hbond substituents is 2. The summed E-state index contributed by atoms with van der Waals surface area (Å²) >= 11 is 0. The van der Waals surface area contributed by atoms with Crippen molar-refractivity contribution in [2.24, 2.45) is 11.3 Å². The quantitative estimate of drug-likeness (QED) is 0.401. The highest BCUT2D eigenvalue weighted by molar-refractivity contribution is 6.01. The van der Waals surface area contributed by atoms with Gasteiger partial charge in [0.15, 0.2) is 5.78 Å². The van der Waals surface area contributed by atoms with Crippen LogP contribution in [0.2, 0.25) is 0 Å². The first-order chi connectivity index (χ1) is 10.8. The Morgan fingerprint density at radius 2 is 1.96 bits per heavy atom. The molecule has 0 radical (unpaired) electrons. The van der Waals surface area contributed by atoms with E-state index in [2.05, 4.69) is 0 Å². The van der Waals surface area contributed by atoms with Gasteiger partial charge >= 0.3 is 5.97 Å². The summed E-state index contributed by atoms with van der Waals surface area (Å²) in [5.41, 5.74) is -1.90. The number of Topliss-reactive ketones (excluding diaryl/α,β-unsaturated/α-hetero) is 1. The largest absolute Gasteiger partial charge is 0.508 e. The first-order valence-electron chi connectivity index (χ1n) is 7.39. The number of rotatable bonds is 5. The molecule has 1 aliphatic rings. The number of benzene rings is 1. The number of aromatic hydroxyl groups is 2. The number of aliphatic carboxylic acids is 1. The van der Waals surface area contributed by atoms with Crippen molar-refractivity contribution >= 4 is 11.8 Å². The van der Waals surface area contributed by atoms with Crippen molar-refractivity contribution in [2.45, 2.75) is 31.8 Å². The van der Waals surface area contributed by atoms with Crippen molar-refractivity contribution in [1.29, 1.82) is 0 Å². The normalized spacial score (nSPS) is 27.6. The highest BCUT2D eigenvalue weighted by Gasteiger charge is 2.51. The summed E-state index contributed by atoms with van der Waals surface area (Å²) < 4.78 is 0. The van der Waals surface area contributed by atoms with Crippen LogP contribution in [0.3, 0.4) is 0 Å². The highest BCUT2D eigenvalue weighted by Crippen LogP contribution is 2.44. The highest BCUT2D eigenvalue weighted by atomic mass is 16.4. The van der Waals surface area contributed by atoms with Crippen LogP contribution in [0.15, 0.2) is 18.2 Å². The van der Waals surface area contributed by atoms with Gasteiger partial charge in [-0.05, 0) is 31.0 Å². The van der Waals surface area contributed by atoms with E-state index in [0.717, 1.165) is 12.1 Å². The summed E-state index contributed by atoms with van der Waals surface area (Å²) in [5.74, 6) is -3.19. The Morgan fingerprint density at radius 3 is 2.57 bits per heavy atom. The lowest BCUT2D eigenvalue weighted by Gasteiger charge is -2.41. The predicted octanol–water partition coefficient (Wildman–Crippen LogP) is 0.895. The Labute approximate surface area is 132 Å². The van der Waals surface area contributed by atoms with E-state index in [1.807, 2.05) is 0 Å². The number of carbonyl (C=O) groups is 2. The molecule has 0 amide bonds. The molecule has 0 spiro atoms. The van der Waals surface area contributed by atoms with Gasteiger partial charge < -0.3 is 25.5 Å². The van der Waals surface area contributed by atoms with Crippen molar-refractivity contribution in [3.63, 3.8) is 0 Å². The van der Waals surface area contributed by atoms with Gasteiger partial charge in [0.2, 0.25) is 0 Å². The van der Waals surface area contributed by atoms with Gasteiger partial charge in [-0.25, -0.2) is 0 Å². The number of aliphatic hydroxyl groups is 2. The molecule has 7 heteroatoms. The number of ketones is 1. The molecule has 2 rings (SSSR count). The van der Waals surface area contributed by atoms with Gasteiger partial charge in [0.05, 0.1) is 11.7 Å². The van der Waals surface area contributed by atoms with Crippen LogP contribution in [0.5, 0.6) is 11.5 Å². The second-order valence-corrected chi connectivity index (χ2v) is 6.04. The second-order valence-electron chi connectivity index (χ2n) is 6.04. The van der Waals surface area contributed by atoms with Crippen LogP contribution < -0.4 is 0 Å². The molecule has 0 saturated heterocycles. The molecule has 5 N–H and O–H groups in total. The molecule has 1 fully saturated rings. The fraction of sp³-hybridized carbons (Fsp3) is 0.500. The molecule has 0 heterocycles. The molecule has 0 aromatic heterocycles. The Hall–Kier alpha value is -2.12. The van der Waals surface area contributed by atoms with Crippen molar-refractivity contribution in [2.75, 3.05) is 6.61 Å². The van der Waals surface area contributed by atoms with Crippen LogP contribution in [0.1, 0.15) is 36.0 Å². The second kappa shape index (κ2) is 6.55. The molecule has 1 aromatic rings. The van der Waals surface area contributed by atoms with E-state index in [9.17, 15) is 35.1 Å². The minimum Gasteiger partial charge on any atom is -0.508 e. The third-order valence-electron chi connectivity index (χ3n) is 4.63. The maximum absolute atomic E-state index is 12.4. The lowest BCUT2D eigenvalue weighted by molar-refractivity contribution is -0.165. The van der Waals surface area contributed by atoms with E-state index in [1.54, 1.807) is 0 Å². The Kier molecular flexibility index (Phi) is 4.91. The van der Waals surface area contributed by atoms with E-state index >= 15 is 0 Å². The van der Waals surface area contributed by atoms with Crippen LogP contribution >= 0.6 is 0 Å². The van der Waals surface area contributed by atoms with Crippen molar-refractivity contribution in [1.82, 2.24) is 0 Å². The van der Waals surface area contributed by atoms with Gasteiger partial charge in [0.1, 0.15) is 16.9 Å². The van der Waals surface area contributed by atoms with E-state index in [4.69, 9.17) is 0 Å². The van der Waals surface area contributed by atoms with Crippen LogP contribution in [-0.4, -0.2) is 50.0 Å². The summed E-state index contributed by atoms with van der Waals surface area (Å²) in [6, 6.07) is 3.41. The van der Waals surface area contributed by atoms with Gasteiger partial charge in [-0.3, -0.25) is 9.59 Å². The standard InChI is InChI=1S/C16H20O7/c17-8-9-2-1-5-16(14(9)21,15(22)23)7-13(20)11-6-10(18)3-4-12(11)19/h3-4,6,9,14,17-19,21H,1-2,5,7-8H2,(H,22,23)/t9-,14+,16+/m1/s1. The average molecular weight is 324 g/mol. The van der Waals surface area contributed by atoms with Crippen LogP contribution in [0.4, 0.5) is 0 Å². The zero-order valence-electron chi connectivity index (χ0n) is 12.5. The molecule has 1 saturated carbocycles. The molecule has 3 atom stereocenters. The fourth-order valence-corrected chi connectivity index (χ4v) is 3.26. The van der Waals surface area contributed by atoms with E-state index in [-0.39, 0.29) is 30.1 Å². The molecule has 126 valence electrons. The SMILES string of the molecule is O=C(C[C@@]1(C(=O)O)CCC[C@H](CO)[C@@H]1O)c1cc(O)ccc1O. The average Bonchev–Trinajstić information content (AvgIpc) is 2.51. The molecular formula is C16H20O7. The Balaban J connectivity index is 2.34. The molecule has 1 aromatic carbocycles. The van der Waals surface area contributed by atoms with Crippen LogP contribution in [0.25, 0.3) is 0 Å². The summed E-state index contributed by atoms with van der Waals surface area (Å²) in [4.78, 5) is 24.2. The third kappa shape index (κ3) is 3.16. The molecule has 0 unspecified atom stereocenters. The third-order valence-corrected chi connectivity index (χ3v) is 4.63. The number of carboxylic acid groups (broad SMARTS) is 1. The minimum absolute atomic E-state index is 0.102. The number of hydrogen-bond donors (Lipinski definition) is 5. The zero-order valence-corrected chi connectivity index (χ0v) is 12.5. The molecule has 7 nitrogen and oxygen atoms in total. The van der Waals surface area contributed by atoms with Gasteiger partial charge in [-0.2, -0.15) is 0 Å². The maximum atomic E-state index is 12.4. The summed E-state index contributed by atoms with van der Waals surface area (Å²) in [6.07, 6.45) is -0.823. The van der Waals surface area contributed by atoms with Gasteiger partial charge in [-0.1, -0.05) is 6.42 Å². The van der Waals surface area contributed by atoms with Crippen molar-refractivity contribution in [3.05, 3.63) is 23.8 Å². The van der Waals surface area contributed by atoms with Gasteiger partial charge in [0, 0.05) is 18.9 Å². The molecular weight excluding hydrogens is 304 g/mol. The van der Waals surface area contributed by atoms with Crippen molar-refractivity contribution < 1.29 is 35.1 Å². The Bertz CT molecular complexity index is 612. The Morgan fingerprint density at radius 1 is 1.26 bits per heavy atom. The smallest absolute Gasteiger partial charge is 0.312 e. The zero-order chi connectivity index (χ0) is 17.2.